The van der Waals surface area contributed by atoms with Gasteiger partial charge in [-0.2, -0.15) is 0 Å². The van der Waals surface area contributed by atoms with Gasteiger partial charge in [-0.3, -0.25) is 9.59 Å². The molecule has 1 saturated carbocycles. The number of hydrogen-bond donors (Lipinski definition) is 0. The smallest absolute Gasteiger partial charge is 0.242 e. The van der Waals surface area contributed by atoms with Crippen LogP contribution in [0.2, 0.25) is 0 Å². The van der Waals surface area contributed by atoms with Crippen LogP contribution in [0.4, 0.5) is 0 Å². The Morgan fingerprint density at radius 2 is 1.90 bits per heavy atom. The highest BCUT2D eigenvalue weighted by Gasteiger charge is 2.34. The van der Waals surface area contributed by atoms with E-state index in [1.54, 1.807) is 22.1 Å². The summed E-state index contributed by atoms with van der Waals surface area (Å²) in [6.45, 7) is 3.66. The summed E-state index contributed by atoms with van der Waals surface area (Å²) in [7, 11) is 0. The highest BCUT2D eigenvalue weighted by molar-refractivity contribution is 5.87. The van der Waals surface area contributed by atoms with E-state index in [2.05, 4.69) is 0 Å². The number of carbonyl (C=O) groups is 2. The lowest BCUT2D eigenvalue weighted by molar-refractivity contribution is -0.142. The number of benzene rings is 1. The van der Waals surface area contributed by atoms with E-state index in [1.165, 1.54) is 0 Å². The first-order valence-corrected chi connectivity index (χ1v) is 10.1. The molecule has 0 N–H and O–H groups in total. The van der Waals surface area contributed by atoms with Crippen LogP contribution in [0.25, 0.3) is 0 Å². The van der Waals surface area contributed by atoms with Gasteiger partial charge in [-0.1, -0.05) is 13.0 Å². The first-order chi connectivity index (χ1) is 14.1. The van der Waals surface area contributed by atoms with E-state index >= 15 is 0 Å². The van der Waals surface area contributed by atoms with E-state index in [4.69, 9.17) is 13.9 Å². The van der Waals surface area contributed by atoms with Crippen molar-refractivity contribution in [3.63, 3.8) is 0 Å². The minimum absolute atomic E-state index is 0.0917. The summed E-state index contributed by atoms with van der Waals surface area (Å²) in [6, 6.07) is 9.32. The Kier molecular flexibility index (Phi) is 5.74. The van der Waals surface area contributed by atoms with Crippen molar-refractivity contribution in [2.24, 2.45) is 5.92 Å². The topological polar surface area (TPSA) is 72.2 Å². The fraction of sp³-hybridized carbons (Fsp3) is 0.455. The van der Waals surface area contributed by atoms with Crippen LogP contribution in [-0.4, -0.2) is 41.5 Å². The Morgan fingerprint density at radius 3 is 2.62 bits per heavy atom. The van der Waals surface area contributed by atoms with Crippen molar-refractivity contribution >= 4 is 11.8 Å². The summed E-state index contributed by atoms with van der Waals surface area (Å²) in [5.41, 5.74) is 0.935. The normalized spacial score (nSPS) is 14.7. The van der Waals surface area contributed by atoms with E-state index in [0.29, 0.717) is 36.9 Å². The fourth-order valence-corrected chi connectivity index (χ4v) is 3.47. The molecule has 29 heavy (non-hydrogen) atoms. The molecule has 1 aliphatic heterocycles. The summed E-state index contributed by atoms with van der Waals surface area (Å²) in [5, 5.41) is 0. The zero-order chi connectivity index (χ0) is 20.2. The molecule has 1 aliphatic carbocycles. The molecule has 1 aromatic carbocycles. The van der Waals surface area contributed by atoms with Gasteiger partial charge in [-0.15, -0.1) is 0 Å². The number of amides is 2. The van der Waals surface area contributed by atoms with Gasteiger partial charge in [-0.25, -0.2) is 0 Å². The number of ether oxygens (including phenoxy) is 2. The predicted molar refractivity (Wildman–Crippen MR) is 105 cm³/mol. The van der Waals surface area contributed by atoms with Crippen molar-refractivity contribution in [1.29, 1.82) is 0 Å². The molecule has 2 aliphatic rings. The molecule has 7 nitrogen and oxygen atoms in total. The average molecular weight is 398 g/mol. The molecular weight excluding hydrogens is 372 g/mol. The Labute approximate surface area is 170 Å². The van der Waals surface area contributed by atoms with Crippen LogP contribution in [-0.2, 0) is 22.7 Å². The number of rotatable bonds is 9. The molecular formula is C22H26N2O5. The molecule has 0 radical (unpaired) electrons. The quantitative estimate of drug-likeness (QED) is 0.649. The zero-order valence-corrected chi connectivity index (χ0v) is 16.6. The van der Waals surface area contributed by atoms with Crippen molar-refractivity contribution in [2.45, 2.75) is 39.3 Å². The van der Waals surface area contributed by atoms with Gasteiger partial charge in [0, 0.05) is 19.0 Å². The molecule has 2 heterocycles. The van der Waals surface area contributed by atoms with Gasteiger partial charge in [0.25, 0.3) is 0 Å². The largest absolute Gasteiger partial charge is 0.467 e. The van der Waals surface area contributed by atoms with Crippen LogP contribution >= 0.6 is 0 Å². The van der Waals surface area contributed by atoms with Gasteiger partial charge in [-0.05, 0) is 49.1 Å². The molecule has 4 rings (SSSR count). The Morgan fingerprint density at radius 1 is 1.07 bits per heavy atom. The fourth-order valence-electron chi connectivity index (χ4n) is 3.47. The Bertz CT molecular complexity index is 860. The minimum Gasteiger partial charge on any atom is -0.467 e. The van der Waals surface area contributed by atoms with Crippen molar-refractivity contribution < 1.29 is 23.5 Å². The molecule has 2 amide bonds. The SMILES string of the molecule is CCCN(CC(=O)N(Cc1ccc2c(c1)OCO2)Cc1ccco1)C(=O)C1CC1. The van der Waals surface area contributed by atoms with Crippen LogP contribution < -0.4 is 9.47 Å². The van der Waals surface area contributed by atoms with Gasteiger partial charge in [0.15, 0.2) is 11.5 Å². The standard InChI is InChI=1S/C22H26N2O5/c1-2-9-23(22(26)17-6-7-17)14-21(25)24(13-18-4-3-10-27-18)12-16-5-8-19-20(11-16)29-15-28-19/h3-5,8,10-11,17H,2,6-7,9,12-15H2,1H3. The molecule has 1 fully saturated rings. The van der Waals surface area contributed by atoms with Gasteiger partial charge in [0.1, 0.15) is 5.76 Å². The van der Waals surface area contributed by atoms with Crippen LogP contribution in [0, 0.1) is 5.92 Å². The third kappa shape index (κ3) is 4.72. The highest BCUT2D eigenvalue weighted by atomic mass is 16.7. The maximum absolute atomic E-state index is 13.2. The molecule has 0 unspecified atom stereocenters. The molecule has 0 saturated heterocycles. The lowest BCUT2D eigenvalue weighted by Crippen LogP contribution is -2.43. The molecule has 154 valence electrons. The van der Waals surface area contributed by atoms with Crippen LogP contribution in [0.3, 0.4) is 0 Å². The Hall–Kier alpha value is -2.96. The maximum Gasteiger partial charge on any atom is 0.242 e. The van der Waals surface area contributed by atoms with Crippen molar-refractivity contribution in [2.75, 3.05) is 19.9 Å². The highest BCUT2D eigenvalue weighted by Crippen LogP contribution is 2.33. The van der Waals surface area contributed by atoms with Crippen LogP contribution in [0.1, 0.15) is 37.5 Å². The van der Waals surface area contributed by atoms with E-state index in [9.17, 15) is 9.59 Å². The third-order valence-corrected chi connectivity index (χ3v) is 5.15. The second-order valence-electron chi connectivity index (χ2n) is 7.55. The third-order valence-electron chi connectivity index (χ3n) is 5.15. The molecule has 0 atom stereocenters. The monoisotopic (exact) mass is 398 g/mol. The average Bonchev–Trinajstić information content (AvgIpc) is 3.24. The van der Waals surface area contributed by atoms with Gasteiger partial charge < -0.3 is 23.7 Å². The van der Waals surface area contributed by atoms with E-state index in [0.717, 1.165) is 24.8 Å². The first kappa shape index (κ1) is 19.4. The van der Waals surface area contributed by atoms with Gasteiger partial charge in [0.05, 0.1) is 19.4 Å². The van der Waals surface area contributed by atoms with E-state index < -0.39 is 0 Å². The molecule has 7 heteroatoms. The minimum atomic E-state index is -0.0958. The number of nitrogens with zero attached hydrogens (tertiary/aromatic N) is 2. The first-order valence-electron chi connectivity index (χ1n) is 10.1. The van der Waals surface area contributed by atoms with Crippen molar-refractivity contribution in [3.05, 3.63) is 47.9 Å². The Balaban J connectivity index is 1.49. The number of fused-ring (bicyclic) bond motifs is 1. The summed E-state index contributed by atoms with van der Waals surface area (Å²) < 4.78 is 16.3. The lowest BCUT2D eigenvalue weighted by Gasteiger charge is -2.27. The van der Waals surface area contributed by atoms with Crippen molar-refractivity contribution in [3.8, 4) is 11.5 Å². The van der Waals surface area contributed by atoms with Crippen molar-refractivity contribution in [1.82, 2.24) is 9.80 Å². The molecule has 1 aromatic heterocycles. The van der Waals surface area contributed by atoms with Crippen LogP contribution in [0.15, 0.2) is 41.0 Å². The summed E-state index contributed by atoms with van der Waals surface area (Å²) in [6.07, 6.45) is 4.28. The molecule has 0 spiro atoms. The molecule has 0 bridgehead atoms. The summed E-state index contributed by atoms with van der Waals surface area (Å²) >= 11 is 0. The molecule has 2 aromatic rings. The second-order valence-corrected chi connectivity index (χ2v) is 7.55. The predicted octanol–water partition coefficient (Wildman–Crippen LogP) is 3.19. The van der Waals surface area contributed by atoms with Gasteiger partial charge in [0.2, 0.25) is 18.6 Å². The summed E-state index contributed by atoms with van der Waals surface area (Å²) in [4.78, 5) is 29.2. The zero-order valence-electron chi connectivity index (χ0n) is 16.6. The number of carbonyl (C=O) groups excluding carboxylic acids is 2. The number of furan rings is 1. The van der Waals surface area contributed by atoms with E-state index in [1.807, 2.05) is 31.2 Å². The maximum atomic E-state index is 13.2. The van der Waals surface area contributed by atoms with Crippen LogP contribution in [0.5, 0.6) is 11.5 Å². The number of hydrogen-bond acceptors (Lipinski definition) is 5. The van der Waals surface area contributed by atoms with E-state index in [-0.39, 0.29) is 31.1 Å². The lowest BCUT2D eigenvalue weighted by atomic mass is 10.1. The van der Waals surface area contributed by atoms with Gasteiger partial charge >= 0.3 is 0 Å². The second kappa shape index (κ2) is 8.59. The summed E-state index contributed by atoms with van der Waals surface area (Å²) in [5.74, 6) is 2.20.